The highest BCUT2D eigenvalue weighted by atomic mass is 16.7. The van der Waals surface area contributed by atoms with Gasteiger partial charge in [0, 0.05) is 0 Å². The highest BCUT2D eigenvalue weighted by Gasteiger charge is 2.24. The molecule has 0 fully saturated rings. The van der Waals surface area contributed by atoms with Gasteiger partial charge < -0.3 is 19.0 Å². The molecule has 1 atom stereocenters. The molecule has 1 unspecified atom stereocenters. The highest BCUT2D eigenvalue weighted by molar-refractivity contribution is 5.89. The Labute approximate surface area is 168 Å². The third-order valence-corrected chi connectivity index (χ3v) is 4.38. The number of rotatable bonds is 5. The van der Waals surface area contributed by atoms with Gasteiger partial charge >= 0.3 is 5.97 Å². The lowest BCUT2D eigenvalue weighted by Gasteiger charge is -2.10. The highest BCUT2D eigenvalue weighted by Crippen LogP contribution is 2.30. The zero-order valence-corrected chi connectivity index (χ0v) is 15.8. The summed E-state index contributed by atoms with van der Waals surface area (Å²) in [6.07, 6.45) is 0.294. The van der Waals surface area contributed by atoms with Crippen LogP contribution in [0.25, 0.3) is 0 Å². The van der Waals surface area contributed by atoms with Crippen LogP contribution in [0.15, 0.2) is 84.0 Å². The Balaban J connectivity index is 1.33. The van der Waals surface area contributed by atoms with Crippen molar-refractivity contribution in [2.75, 3.05) is 7.11 Å². The van der Waals surface area contributed by atoms with Crippen LogP contribution in [0.1, 0.15) is 28.4 Å². The van der Waals surface area contributed by atoms with Gasteiger partial charge in [-0.05, 0) is 54.1 Å². The van der Waals surface area contributed by atoms with Crippen LogP contribution in [0.5, 0.6) is 17.2 Å². The van der Waals surface area contributed by atoms with Gasteiger partial charge in [0.2, 0.25) is 5.90 Å². The molecule has 0 amide bonds. The smallest absolute Gasteiger partial charge is 0.337 e. The van der Waals surface area contributed by atoms with Gasteiger partial charge in [0.25, 0.3) is 0 Å². The molecule has 4 rings (SSSR count). The Morgan fingerprint density at radius 1 is 0.862 bits per heavy atom. The molecule has 0 radical (unpaired) electrons. The Hall–Kier alpha value is -3.80. The van der Waals surface area contributed by atoms with Crippen molar-refractivity contribution >= 4 is 11.9 Å². The van der Waals surface area contributed by atoms with Crippen LogP contribution in [0.2, 0.25) is 0 Å². The number of ether oxygens (including phenoxy) is 3. The lowest BCUT2D eigenvalue weighted by molar-refractivity contribution is 0.0600. The van der Waals surface area contributed by atoms with Crippen molar-refractivity contribution in [1.29, 1.82) is 0 Å². The average Bonchev–Trinajstić information content (AvgIpc) is 3.23. The monoisotopic (exact) mass is 389 g/mol. The number of oxime groups is 1. The number of hydrogen-bond donors (Lipinski definition) is 0. The van der Waals surface area contributed by atoms with Crippen LogP contribution in [0.3, 0.4) is 0 Å². The zero-order valence-electron chi connectivity index (χ0n) is 15.8. The maximum Gasteiger partial charge on any atom is 0.337 e. The Morgan fingerprint density at radius 3 is 2.17 bits per heavy atom. The number of esters is 1. The number of nitrogens with zero attached hydrogens (tertiary/aromatic N) is 1. The maximum absolute atomic E-state index is 11.5. The van der Waals surface area contributed by atoms with Crippen LogP contribution >= 0.6 is 0 Å². The van der Waals surface area contributed by atoms with E-state index in [0.717, 1.165) is 17.1 Å². The predicted octanol–water partition coefficient (Wildman–Crippen LogP) is 5.12. The van der Waals surface area contributed by atoms with E-state index in [4.69, 9.17) is 14.3 Å². The van der Waals surface area contributed by atoms with E-state index >= 15 is 0 Å². The van der Waals surface area contributed by atoms with Crippen molar-refractivity contribution in [3.05, 3.63) is 90.0 Å². The van der Waals surface area contributed by atoms with Crippen LogP contribution in [0.4, 0.5) is 0 Å². The van der Waals surface area contributed by atoms with Crippen molar-refractivity contribution in [3.8, 4) is 17.2 Å². The van der Waals surface area contributed by atoms with E-state index in [9.17, 15) is 4.79 Å². The Kier molecular flexibility index (Phi) is 5.42. The summed E-state index contributed by atoms with van der Waals surface area (Å²) in [6, 6.07) is 24.0. The first-order valence-corrected chi connectivity index (χ1v) is 9.13. The number of carbonyl (C=O) groups excluding carboxylic acids is 1. The fourth-order valence-corrected chi connectivity index (χ4v) is 2.88. The lowest BCUT2D eigenvalue weighted by Crippen LogP contribution is -2.08. The van der Waals surface area contributed by atoms with Crippen LogP contribution < -0.4 is 9.47 Å². The molecule has 3 aromatic carbocycles. The van der Waals surface area contributed by atoms with Crippen LogP contribution in [-0.2, 0) is 9.57 Å². The summed E-state index contributed by atoms with van der Waals surface area (Å²) in [4.78, 5) is 17.0. The summed E-state index contributed by atoms with van der Waals surface area (Å²) in [6.45, 7) is 0. The van der Waals surface area contributed by atoms with Gasteiger partial charge in [0.15, 0.2) is 6.10 Å². The summed E-state index contributed by atoms with van der Waals surface area (Å²) in [5, 5.41) is 4.02. The minimum Gasteiger partial charge on any atom is -0.465 e. The molecular weight excluding hydrogens is 370 g/mol. The molecule has 0 aliphatic carbocycles. The topological polar surface area (TPSA) is 66.4 Å². The lowest BCUT2D eigenvalue weighted by atomic mass is 10.1. The summed E-state index contributed by atoms with van der Waals surface area (Å²) < 4.78 is 16.2. The summed E-state index contributed by atoms with van der Waals surface area (Å²) >= 11 is 0. The molecule has 3 aromatic rings. The molecule has 0 saturated heterocycles. The first kappa shape index (κ1) is 18.6. The quantitative estimate of drug-likeness (QED) is 0.567. The standard InChI is InChI=1S/C23H19NO5/c1-26-23(25)17-9-13-20(14-10-17)28-22-15-21(29-24-22)16-7-11-19(12-8-16)27-18-5-3-2-4-6-18/h2-14,21H,15H2,1H3. The van der Waals surface area contributed by atoms with E-state index in [-0.39, 0.29) is 6.10 Å². The average molecular weight is 389 g/mol. The van der Waals surface area contributed by atoms with Gasteiger partial charge in [-0.3, -0.25) is 0 Å². The predicted molar refractivity (Wildman–Crippen MR) is 107 cm³/mol. The molecule has 1 heterocycles. The number of carbonyl (C=O) groups is 1. The number of benzene rings is 3. The normalized spacial score (nSPS) is 15.2. The molecule has 146 valence electrons. The van der Waals surface area contributed by atoms with Gasteiger partial charge in [-0.2, -0.15) is 0 Å². The van der Waals surface area contributed by atoms with Gasteiger partial charge in [-0.25, -0.2) is 4.79 Å². The molecule has 1 aliphatic heterocycles. The first-order chi connectivity index (χ1) is 14.2. The fraction of sp³-hybridized carbons (Fsp3) is 0.130. The fourth-order valence-electron chi connectivity index (χ4n) is 2.88. The van der Waals surface area contributed by atoms with Gasteiger partial charge in [0.1, 0.15) is 17.2 Å². The zero-order chi connectivity index (χ0) is 20.1. The number of para-hydroxylation sites is 1. The van der Waals surface area contributed by atoms with Crippen molar-refractivity contribution in [1.82, 2.24) is 0 Å². The minimum atomic E-state index is -0.391. The van der Waals surface area contributed by atoms with E-state index in [1.54, 1.807) is 24.3 Å². The Bertz CT molecular complexity index is 998. The van der Waals surface area contributed by atoms with E-state index < -0.39 is 5.97 Å². The maximum atomic E-state index is 11.5. The SMILES string of the molecule is COC(=O)c1ccc(OC2=NOC(c3ccc(Oc4ccccc4)cc3)C2)cc1. The molecule has 0 saturated carbocycles. The molecule has 1 aliphatic rings. The third-order valence-electron chi connectivity index (χ3n) is 4.38. The van der Waals surface area contributed by atoms with E-state index in [1.165, 1.54) is 7.11 Å². The summed E-state index contributed by atoms with van der Waals surface area (Å²) in [5.41, 5.74) is 1.44. The number of methoxy groups -OCH3 is 1. The van der Waals surface area contributed by atoms with Crippen LogP contribution in [0, 0.1) is 0 Å². The van der Waals surface area contributed by atoms with Gasteiger partial charge in [-0.15, -0.1) is 0 Å². The molecule has 0 N–H and O–H groups in total. The largest absolute Gasteiger partial charge is 0.465 e. The van der Waals surface area contributed by atoms with Crippen molar-refractivity contribution in [3.63, 3.8) is 0 Å². The van der Waals surface area contributed by atoms with Crippen LogP contribution in [-0.4, -0.2) is 19.0 Å². The molecule has 0 aromatic heterocycles. The summed E-state index contributed by atoms with van der Waals surface area (Å²) in [5.74, 6) is 2.20. The van der Waals surface area contributed by atoms with E-state index in [2.05, 4.69) is 9.89 Å². The molecular formula is C23H19NO5. The molecule has 0 bridgehead atoms. The number of hydrogen-bond acceptors (Lipinski definition) is 6. The second kappa shape index (κ2) is 8.48. The van der Waals surface area contributed by atoms with E-state index in [1.807, 2.05) is 54.6 Å². The van der Waals surface area contributed by atoms with Crippen molar-refractivity contribution < 1.29 is 23.8 Å². The second-order valence-electron chi connectivity index (χ2n) is 6.39. The molecule has 6 nitrogen and oxygen atoms in total. The van der Waals surface area contributed by atoms with Gasteiger partial charge in [0.05, 0.1) is 19.1 Å². The Morgan fingerprint density at radius 2 is 1.48 bits per heavy atom. The van der Waals surface area contributed by atoms with Crippen molar-refractivity contribution in [2.24, 2.45) is 5.16 Å². The minimum absolute atomic E-state index is 0.217. The van der Waals surface area contributed by atoms with Gasteiger partial charge in [-0.1, -0.05) is 35.5 Å². The molecule has 29 heavy (non-hydrogen) atoms. The molecule has 6 heteroatoms. The van der Waals surface area contributed by atoms with E-state index in [0.29, 0.717) is 23.6 Å². The van der Waals surface area contributed by atoms with Crippen molar-refractivity contribution in [2.45, 2.75) is 12.5 Å². The molecule has 0 spiro atoms. The third kappa shape index (κ3) is 4.55. The summed E-state index contributed by atoms with van der Waals surface area (Å²) in [7, 11) is 1.35. The second-order valence-corrected chi connectivity index (χ2v) is 6.39. The first-order valence-electron chi connectivity index (χ1n) is 9.13.